The molecule has 6 heteroatoms. The molecule has 0 atom stereocenters. The minimum Gasteiger partial charge on any atom is -0.357 e. The number of aliphatic imine (C=N–C) groups is 1. The van der Waals surface area contributed by atoms with Crippen molar-refractivity contribution in [3.8, 4) is 0 Å². The van der Waals surface area contributed by atoms with Gasteiger partial charge in [-0.05, 0) is 25.0 Å². The van der Waals surface area contributed by atoms with E-state index in [-0.39, 0.29) is 36.4 Å². The molecule has 23 heavy (non-hydrogen) atoms. The van der Waals surface area contributed by atoms with Crippen LogP contribution < -0.4 is 16.0 Å². The number of hydrogen-bond donors (Lipinski definition) is 3. The third-order valence-electron chi connectivity index (χ3n) is 3.50. The number of guanidine groups is 1. The lowest BCUT2D eigenvalue weighted by molar-refractivity contribution is -0.114. The second kappa shape index (κ2) is 13.2. The van der Waals surface area contributed by atoms with Crippen molar-refractivity contribution in [1.82, 2.24) is 10.6 Å². The molecule has 0 unspecified atom stereocenters. The van der Waals surface area contributed by atoms with Crippen molar-refractivity contribution < 1.29 is 4.79 Å². The van der Waals surface area contributed by atoms with E-state index in [0.29, 0.717) is 11.9 Å². The van der Waals surface area contributed by atoms with Crippen molar-refractivity contribution in [3.05, 3.63) is 30.3 Å². The summed E-state index contributed by atoms with van der Waals surface area (Å²) in [6.07, 6.45) is 2.27. The van der Waals surface area contributed by atoms with Crippen molar-refractivity contribution in [2.75, 3.05) is 25.0 Å². The lowest BCUT2D eigenvalue weighted by Crippen LogP contribution is -2.40. The van der Waals surface area contributed by atoms with Gasteiger partial charge in [0.05, 0.1) is 0 Å². The molecular weight excluding hydrogens is 403 g/mol. The summed E-state index contributed by atoms with van der Waals surface area (Å²) in [6.45, 7) is 8.14. The van der Waals surface area contributed by atoms with Crippen LogP contribution in [0.25, 0.3) is 0 Å². The van der Waals surface area contributed by atoms with E-state index in [1.165, 1.54) is 0 Å². The highest BCUT2D eigenvalue weighted by Gasteiger charge is 2.06. The molecule has 0 aromatic heterocycles. The quantitative estimate of drug-likeness (QED) is 0.336. The Hall–Kier alpha value is -1.31. The first-order valence-electron chi connectivity index (χ1n) is 8.06. The Morgan fingerprint density at radius 3 is 2.30 bits per heavy atom. The van der Waals surface area contributed by atoms with E-state index in [0.717, 1.165) is 31.6 Å². The molecule has 3 N–H and O–H groups in total. The van der Waals surface area contributed by atoms with Crippen LogP contribution in [0.4, 0.5) is 5.69 Å². The number of benzene rings is 1. The number of rotatable bonds is 8. The Morgan fingerprint density at radius 1 is 1.09 bits per heavy atom. The predicted octanol–water partition coefficient (Wildman–Crippen LogP) is 3.23. The summed E-state index contributed by atoms with van der Waals surface area (Å²) in [6, 6.07) is 9.41. The Labute approximate surface area is 156 Å². The van der Waals surface area contributed by atoms with Crippen LogP contribution in [0.1, 0.15) is 33.6 Å². The third kappa shape index (κ3) is 9.43. The SMILES string of the molecule is CCNC(=NCC(=O)Nc1ccccc1)NCC(CC)CC.I. The number of carbonyl (C=O) groups is 1. The van der Waals surface area contributed by atoms with Gasteiger partial charge in [0, 0.05) is 18.8 Å². The van der Waals surface area contributed by atoms with Crippen molar-refractivity contribution in [3.63, 3.8) is 0 Å². The third-order valence-corrected chi connectivity index (χ3v) is 3.50. The van der Waals surface area contributed by atoms with E-state index in [2.05, 4.69) is 34.8 Å². The smallest absolute Gasteiger partial charge is 0.246 e. The van der Waals surface area contributed by atoms with Crippen molar-refractivity contribution in [2.45, 2.75) is 33.6 Å². The molecule has 0 aliphatic heterocycles. The number of amides is 1. The van der Waals surface area contributed by atoms with Gasteiger partial charge in [0.2, 0.25) is 5.91 Å². The van der Waals surface area contributed by atoms with Crippen molar-refractivity contribution in [2.24, 2.45) is 10.9 Å². The first kappa shape index (κ1) is 21.7. The highest BCUT2D eigenvalue weighted by molar-refractivity contribution is 14.0. The van der Waals surface area contributed by atoms with Crippen LogP contribution in [0.15, 0.2) is 35.3 Å². The molecule has 0 aliphatic carbocycles. The molecule has 1 aromatic rings. The van der Waals surface area contributed by atoms with E-state index in [1.54, 1.807) is 0 Å². The largest absolute Gasteiger partial charge is 0.357 e. The highest BCUT2D eigenvalue weighted by Crippen LogP contribution is 2.05. The minimum absolute atomic E-state index is 0. The molecule has 0 aliphatic rings. The molecule has 130 valence electrons. The van der Waals surface area contributed by atoms with Crippen LogP contribution in [0.3, 0.4) is 0 Å². The number of para-hydroxylation sites is 1. The van der Waals surface area contributed by atoms with Gasteiger partial charge in [0.15, 0.2) is 5.96 Å². The van der Waals surface area contributed by atoms with Crippen LogP contribution in [0.5, 0.6) is 0 Å². The van der Waals surface area contributed by atoms with E-state index in [1.807, 2.05) is 37.3 Å². The predicted molar refractivity (Wildman–Crippen MR) is 109 cm³/mol. The molecule has 5 nitrogen and oxygen atoms in total. The van der Waals surface area contributed by atoms with E-state index < -0.39 is 0 Å². The fourth-order valence-electron chi connectivity index (χ4n) is 2.03. The molecule has 1 aromatic carbocycles. The first-order chi connectivity index (χ1) is 10.7. The summed E-state index contributed by atoms with van der Waals surface area (Å²) in [5.41, 5.74) is 0.790. The summed E-state index contributed by atoms with van der Waals surface area (Å²) in [5.74, 6) is 1.20. The molecule has 0 spiro atoms. The monoisotopic (exact) mass is 432 g/mol. The van der Waals surface area contributed by atoms with Gasteiger partial charge in [-0.25, -0.2) is 4.99 Å². The number of nitrogens with zero attached hydrogens (tertiary/aromatic N) is 1. The Morgan fingerprint density at radius 2 is 1.74 bits per heavy atom. The van der Waals surface area contributed by atoms with Crippen LogP contribution in [0, 0.1) is 5.92 Å². The zero-order chi connectivity index (χ0) is 16.2. The zero-order valence-corrected chi connectivity index (χ0v) is 16.6. The van der Waals surface area contributed by atoms with Gasteiger partial charge in [-0.15, -0.1) is 24.0 Å². The number of hydrogen-bond acceptors (Lipinski definition) is 2. The topological polar surface area (TPSA) is 65.5 Å². The van der Waals surface area contributed by atoms with Crippen LogP contribution >= 0.6 is 24.0 Å². The van der Waals surface area contributed by atoms with Crippen molar-refractivity contribution >= 4 is 41.5 Å². The number of halogens is 1. The van der Waals surface area contributed by atoms with Gasteiger partial charge in [0.1, 0.15) is 6.54 Å². The average molecular weight is 432 g/mol. The molecule has 1 amide bonds. The van der Waals surface area contributed by atoms with Gasteiger partial charge in [-0.3, -0.25) is 4.79 Å². The van der Waals surface area contributed by atoms with Gasteiger partial charge in [0.25, 0.3) is 0 Å². The standard InChI is InChI=1S/C17H28N4O.HI/c1-4-14(5-2)12-19-17(18-6-3)20-13-16(22)21-15-10-8-7-9-11-15;/h7-11,14H,4-6,12-13H2,1-3H3,(H,21,22)(H2,18,19,20);1H. The first-order valence-corrected chi connectivity index (χ1v) is 8.06. The number of carbonyl (C=O) groups excluding carboxylic acids is 1. The Kier molecular flexibility index (Phi) is 12.4. The van der Waals surface area contributed by atoms with Gasteiger partial charge >= 0.3 is 0 Å². The van der Waals surface area contributed by atoms with E-state index >= 15 is 0 Å². The van der Waals surface area contributed by atoms with E-state index in [4.69, 9.17) is 0 Å². The molecular formula is C17H29IN4O. The molecule has 0 heterocycles. The Balaban J connectivity index is 0.00000484. The maximum Gasteiger partial charge on any atom is 0.246 e. The minimum atomic E-state index is -0.120. The molecule has 0 fully saturated rings. The van der Waals surface area contributed by atoms with Crippen molar-refractivity contribution in [1.29, 1.82) is 0 Å². The van der Waals surface area contributed by atoms with E-state index in [9.17, 15) is 4.79 Å². The second-order valence-electron chi connectivity index (χ2n) is 5.17. The maximum atomic E-state index is 11.9. The van der Waals surface area contributed by atoms with Gasteiger partial charge in [-0.2, -0.15) is 0 Å². The lowest BCUT2D eigenvalue weighted by Gasteiger charge is -2.16. The second-order valence-corrected chi connectivity index (χ2v) is 5.17. The fraction of sp³-hybridized carbons (Fsp3) is 0.529. The van der Waals surface area contributed by atoms with Crippen LogP contribution in [-0.2, 0) is 4.79 Å². The molecule has 0 saturated heterocycles. The Bertz CT molecular complexity index is 461. The summed E-state index contributed by atoms with van der Waals surface area (Å²) in [7, 11) is 0. The summed E-state index contributed by atoms with van der Waals surface area (Å²) < 4.78 is 0. The number of nitrogens with one attached hydrogen (secondary N) is 3. The molecule has 0 bridgehead atoms. The fourth-order valence-corrected chi connectivity index (χ4v) is 2.03. The van der Waals surface area contributed by atoms with Gasteiger partial charge in [-0.1, -0.05) is 44.9 Å². The van der Waals surface area contributed by atoms with Crippen LogP contribution in [-0.4, -0.2) is 31.5 Å². The molecule has 0 radical (unpaired) electrons. The maximum absolute atomic E-state index is 11.9. The zero-order valence-electron chi connectivity index (χ0n) is 14.3. The summed E-state index contributed by atoms with van der Waals surface area (Å²) in [4.78, 5) is 16.2. The highest BCUT2D eigenvalue weighted by atomic mass is 127. The molecule has 1 rings (SSSR count). The summed E-state index contributed by atoms with van der Waals surface area (Å²) >= 11 is 0. The van der Waals surface area contributed by atoms with Crippen LogP contribution in [0.2, 0.25) is 0 Å². The molecule has 0 saturated carbocycles. The lowest BCUT2D eigenvalue weighted by atomic mass is 10.0. The summed E-state index contributed by atoms with van der Waals surface area (Å²) in [5, 5.41) is 9.29. The van der Waals surface area contributed by atoms with Gasteiger partial charge < -0.3 is 16.0 Å². The number of anilines is 1. The average Bonchev–Trinajstić information content (AvgIpc) is 2.54. The normalized spacial score (nSPS) is 10.9.